The van der Waals surface area contributed by atoms with E-state index in [1.54, 1.807) is 18.1 Å². The van der Waals surface area contributed by atoms with Crippen LogP contribution in [0.4, 0.5) is 0 Å². The van der Waals surface area contributed by atoms with Crippen LogP contribution in [-0.2, 0) is 16.1 Å². The van der Waals surface area contributed by atoms with Crippen LogP contribution < -0.4 is 0 Å². The summed E-state index contributed by atoms with van der Waals surface area (Å²) in [6.45, 7) is 1.53. The minimum Gasteiger partial charge on any atom is -0.480 e. The number of carboxylic acids is 1. The molecule has 0 spiro atoms. The number of ether oxygens (including phenoxy) is 1. The van der Waals surface area contributed by atoms with Crippen molar-refractivity contribution in [2.24, 2.45) is 0 Å². The van der Waals surface area contributed by atoms with Crippen LogP contribution in [0.25, 0.3) is 0 Å². The average molecular weight is 337 g/mol. The van der Waals surface area contributed by atoms with E-state index < -0.39 is 5.97 Å². The molecule has 0 saturated carbocycles. The third-order valence-electron chi connectivity index (χ3n) is 2.37. The van der Waals surface area contributed by atoms with Crippen molar-refractivity contribution < 1.29 is 14.6 Å². The highest BCUT2D eigenvalue weighted by atomic mass is 79.9. The van der Waals surface area contributed by atoms with E-state index in [-0.39, 0.29) is 6.54 Å². The van der Waals surface area contributed by atoms with E-state index in [2.05, 4.69) is 15.9 Å². The molecular formula is C12H15BrClNO3. The van der Waals surface area contributed by atoms with Crippen molar-refractivity contribution in [2.45, 2.75) is 6.54 Å². The molecule has 0 amide bonds. The van der Waals surface area contributed by atoms with Gasteiger partial charge in [0, 0.05) is 29.7 Å². The Balaban J connectivity index is 2.74. The number of carboxylic acid groups (broad SMARTS) is 1. The average Bonchev–Trinajstić information content (AvgIpc) is 2.30. The highest BCUT2D eigenvalue weighted by Crippen LogP contribution is 2.22. The Labute approximate surface area is 120 Å². The number of methoxy groups -OCH3 is 1. The number of aliphatic carboxylic acids is 1. The smallest absolute Gasteiger partial charge is 0.317 e. The Morgan fingerprint density at radius 3 is 2.89 bits per heavy atom. The number of rotatable bonds is 7. The molecule has 0 radical (unpaired) electrons. The number of nitrogens with zero attached hydrogens (tertiary/aromatic N) is 1. The Kier molecular flexibility index (Phi) is 6.63. The maximum Gasteiger partial charge on any atom is 0.317 e. The van der Waals surface area contributed by atoms with Gasteiger partial charge in [0.2, 0.25) is 0 Å². The minimum atomic E-state index is -0.857. The molecule has 0 fully saturated rings. The first kappa shape index (κ1) is 15.4. The van der Waals surface area contributed by atoms with E-state index in [0.717, 1.165) is 10.0 Å². The second-order valence-electron chi connectivity index (χ2n) is 3.83. The molecule has 6 heteroatoms. The summed E-state index contributed by atoms with van der Waals surface area (Å²) in [6, 6.07) is 5.46. The second-order valence-corrected chi connectivity index (χ2v) is 5.12. The van der Waals surface area contributed by atoms with Crippen LogP contribution in [-0.4, -0.2) is 42.8 Å². The summed E-state index contributed by atoms with van der Waals surface area (Å²) in [5, 5.41) is 9.50. The molecule has 0 saturated heterocycles. The molecule has 18 heavy (non-hydrogen) atoms. The van der Waals surface area contributed by atoms with Crippen LogP contribution in [0.1, 0.15) is 5.56 Å². The molecule has 0 aliphatic heterocycles. The van der Waals surface area contributed by atoms with Crippen LogP contribution in [0.5, 0.6) is 0 Å². The van der Waals surface area contributed by atoms with Gasteiger partial charge in [0.15, 0.2) is 0 Å². The van der Waals surface area contributed by atoms with Crippen molar-refractivity contribution in [3.63, 3.8) is 0 Å². The Hall–Kier alpha value is -0.620. The molecule has 100 valence electrons. The van der Waals surface area contributed by atoms with Crippen LogP contribution in [0, 0.1) is 0 Å². The summed E-state index contributed by atoms with van der Waals surface area (Å²) in [4.78, 5) is 12.6. The molecule has 0 bridgehead atoms. The third kappa shape index (κ3) is 5.35. The number of hydrogen-bond acceptors (Lipinski definition) is 3. The molecule has 0 heterocycles. The summed E-state index contributed by atoms with van der Waals surface area (Å²) in [5.41, 5.74) is 0.958. The van der Waals surface area contributed by atoms with Gasteiger partial charge in [0.25, 0.3) is 0 Å². The van der Waals surface area contributed by atoms with Crippen molar-refractivity contribution >= 4 is 33.5 Å². The van der Waals surface area contributed by atoms with Gasteiger partial charge < -0.3 is 9.84 Å². The van der Waals surface area contributed by atoms with Crippen LogP contribution >= 0.6 is 27.5 Å². The molecule has 1 aromatic carbocycles. The zero-order valence-corrected chi connectivity index (χ0v) is 12.4. The molecule has 4 nitrogen and oxygen atoms in total. The second kappa shape index (κ2) is 7.74. The number of halogens is 2. The van der Waals surface area contributed by atoms with Gasteiger partial charge in [-0.2, -0.15) is 0 Å². The monoisotopic (exact) mass is 335 g/mol. The summed E-state index contributed by atoms with van der Waals surface area (Å²) >= 11 is 9.36. The standard InChI is InChI=1S/C12H15BrClNO3/c1-18-5-4-15(8-12(16)17)7-9-6-10(14)2-3-11(9)13/h2-3,6H,4-5,7-8H2,1H3,(H,16,17). The molecule has 1 N–H and O–H groups in total. The lowest BCUT2D eigenvalue weighted by molar-refractivity contribution is -0.138. The quantitative estimate of drug-likeness (QED) is 0.831. The lowest BCUT2D eigenvalue weighted by atomic mass is 10.2. The van der Waals surface area contributed by atoms with E-state index in [1.165, 1.54) is 0 Å². The van der Waals surface area contributed by atoms with Crippen LogP contribution in [0.2, 0.25) is 5.02 Å². The largest absolute Gasteiger partial charge is 0.480 e. The lowest BCUT2D eigenvalue weighted by Gasteiger charge is -2.20. The van der Waals surface area contributed by atoms with Crippen LogP contribution in [0.3, 0.4) is 0 Å². The maximum absolute atomic E-state index is 10.8. The highest BCUT2D eigenvalue weighted by Gasteiger charge is 2.12. The normalized spacial score (nSPS) is 10.9. The van der Waals surface area contributed by atoms with E-state index in [1.807, 2.05) is 12.1 Å². The molecule has 0 atom stereocenters. The van der Waals surface area contributed by atoms with Gasteiger partial charge in [0.05, 0.1) is 13.2 Å². The van der Waals surface area contributed by atoms with Gasteiger partial charge in [-0.25, -0.2) is 0 Å². The number of hydrogen-bond donors (Lipinski definition) is 1. The van der Waals surface area contributed by atoms with Crippen LogP contribution in [0.15, 0.2) is 22.7 Å². The lowest BCUT2D eigenvalue weighted by Crippen LogP contribution is -2.32. The van der Waals surface area contributed by atoms with E-state index >= 15 is 0 Å². The molecule has 0 aliphatic rings. The molecule has 0 unspecified atom stereocenters. The topological polar surface area (TPSA) is 49.8 Å². The maximum atomic E-state index is 10.8. The van der Waals surface area contributed by atoms with Crippen molar-refractivity contribution in [3.05, 3.63) is 33.3 Å². The van der Waals surface area contributed by atoms with Crippen molar-refractivity contribution in [1.82, 2.24) is 4.90 Å². The summed E-state index contributed by atoms with van der Waals surface area (Å²) in [6.07, 6.45) is 0. The predicted octanol–water partition coefficient (Wildman–Crippen LogP) is 2.64. The van der Waals surface area contributed by atoms with Crippen molar-refractivity contribution in [1.29, 1.82) is 0 Å². The predicted molar refractivity (Wildman–Crippen MR) is 73.9 cm³/mol. The molecule has 0 aliphatic carbocycles. The van der Waals surface area contributed by atoms with Gasteiger partial charge in [0.1, 0.15) is 0 Å². The van der Waals surface area contributed by atoms with E-state index in [4.69, 9.17) is 21.4 Å². The SMILES string of the molecule is COCCN(CC(=O)O)Cc1cc(Cl)ccc1Br. The summed E-state index contributed by atoms with van der Waals surface area (Å²) in [5.74, 6) is -0.857. The number of benzene rings is 1. The van der Waals surface area contributed by atoms with Gasteiger partial charge in [-0.05, 0) is 23.8 Å². The first-order valence-electron chi connectivity index (χ1n) is 5.40. The first-order valence-corrected chi connectivity index (χ1v) is 6.57. The fourth-order valence-corrected chi connectivity index (χ4v) is 2.10. The van der Waals surface area contributed by atoms with E-state index in [9.17, 15) is 4.79 Å². The first-order chi connectivity index (χ1) is 8.52. The zero-order chi connectivity index (χ0) is 13.5. The molecule has 1 rings (SSSR count). The highest BCUT2D eigenvalue weighted by molar-refractivity contribution is 9.10. The third-order valence-corrected chi connectivity index (χ3v) is 3.38. The Morgan fingerprint density at radius 1 is 1.56 bits per heavy atom. The molecule has 0 aromatic heterocycles. The van der Waals surface area contributed by atoms with Gasteiger partial charge in [-0.15, -0.1) is 0 Å². The molecule has 1 aromatic rings. The molecular weight excluding hydrogens is 321 g/mol. The minimum absolute atomic E-state index is 0.0255. The Morgan fingerprint density at radius 2 is 2.28 bits per heavy atom. The number of carbonyl (C=O) groups is 1. The van der Waals surface area contributed by atoms with Crippen molar-refractivity contribution in [3.8, 4) is 0 Å². The zero-order valence-electron chi connectivity index (χ0n) is 10.0. The fraction of sp³-hybridized carbons (Fsp3) is 0.417. The van der Waals surface area contributed by atoms with Gasteiger partial charge in [-0.3, -0.25) is 9.69 Å². The fourth-order valence-electron chi connectivity index (χ4n) is 1.53. The van der Waals surface area contributed by atoms with Gasteiger partial charge >= 0.3 is 5.97 Å². The van der Waals surface area contributed by atoms with E-state index in [0.29, 0.717) is 24.7 Å². The summed E-state index contributed by atoms with van der Waals surface area (Å²) < 4.78 is 5.89. The van der Waals surface area contributed by atoms with Crippen molar-refractivity contribution in [2.75, 3.05) is 26.8 Å². The van der Waals surface area contributed by atoms with Gasteiger partial charge in [-0.1, -0.05) is 27.5 Å². The Bertz CT molecular complexity index is 414. The summed E-state index contributed by atoms with van der Waals surface area (Å²) in [7, 11) is 1.59.